The highest BCUT2D eigenvalue weighted by Gasteiger charge is 2.35. The standard InChI is InChI=1S/C17H18O/c18-17(14-9-2-1-3-10-14)16-12-6-11-15(16)13-7-4-5-8-13/h1-4,7-10,15-16H,5-6,11-12H2. The minimum absolute atomic E-state index is 0.196. The Balaban J connectivity index is 1.83. The molecule has 0 aromatic heterocycles. The molecule has 2 aliphatic rings. The van der Waals surface area contributed by atoms with Crippen molar-refractivity contribution in [1.29, 1.82) is 0 Å². The molecule has 1 saturated carbocycles. The average molecular weight is 238 g/mol. The molecule has 92 valence electrons. The van der Waals surface area contributed by atoms with Gasteiger partial charge in [-0.15, -0.1) is 0 Å². The molecule has 1 aromatic carbocycles. The molecule has 1 heteroatoms. The molecular weight excluding hydrogens is 220 g/mol. The Morgan fingerprint density at radius 1 is 1.11 bits per heavy atom. The van der Waals surface area contributed by atoms with E-state index in [9.17, 15) is 4.79 Å². The van der Waals surface area contributed by atoms with Crippen LogP contribution in [-0.4, -0.2) is 5.78 Å². The number of Topliss-reactive ketones (excluding diaryl/α,β-unsaturated/α-hetero) is 1. The molecule has 0 aliphatic heterocycles. The Morgan fingerprint density at radius 2 is 1.94 bits per heavy atom. The third kappa shape index (κ3) is 2.05. The van der Waals surface area contributed by atoms with Crippen molar-refractivity contribution in [3.8, 4) is 0 Å². The van der Waals surface area contributed by atoms with E-state index in [4.69, 9.17) is 0 Å². The SMILES string of the molecule is O=C(c1ccccc1)C1CCCC1C1=CCC=C1. The zero-order valence-corrected chi connectivity index (χ0v) is 10.5. The second-order valence-corrected chi connectivity index (χ2v) is 5.22. The highest BCUT2D eigenvalue weighted by Crippen LogP contribution is 2.40. The molecule has 0 radical (unpaired) electrons. The number of hydrogen-bond acceptors (Lipinski definition) is 1. The third-order valence-electron chi connectivity index (χ3n) is 4.14. The number of allylic oxidation sites excluding steroid dienone is 4. The first kappa shape index (κ1) is 11.5. The maximum absolute atomic E-state index is 12.6. The number of carbonyl (C=O) groups is 1. The first-order valence-electron chi connectivity index (χ1n) is 6.82. The lowest BCUT2D eigenvalue weighted by molar-refractivity contribution is 0.0902. The van der Waals surface area contributed by atoms with Gasteiger partial charge < -0.3 is 0 Å². The quantitative estimate of drug-likeness (QED) is 0.722. The van der Waals surface area contributed by atoms with Gasteiger partial charge in [0.2, 0.25) is 0 Å². The first-order chi connectivity index (χ1) is 8.86. The van der Waals surface area contributed by atoms with Gasteiger partial charge in [-0.05, 0) is 30.8 Å². The van der Waals surface area contributed by atoms with Crippen LogP contribution >= 0.6 is 0 Å². The normalized spacial score (nSPS) is 26.3. The van der Waals surface area contributed by atoms with Gasteiger partial charge in [-0.3, -0.25) is 4.79 Å². The number of rotatable bonds is 3. The summed E-state index contributed by atoms with van der Waals surface area (Å²) in [5.41, 5.74) is 2.26. The molecule has 2 aliphatic carbocycles. The fourth-order valence-corrected chi connectivity index (χ4v) is 3.24. The predicted octanol–water partition coefficient (Wildman–Crippen LogP) is 4.17. The molecule has 0 amide bonds. The van der Waals surface area contributed by atoms with Crippen LogP contribution in [-0.2, 0) is 0 Å². The van der Waals surface area contributed by atoms with Crippen molar-refractivity contribution in [2.45, 2.75) is 25.7 Å². The van der Waals surface area contributed by atoms with E-state index in [2.05, 4.69) is 18.2 Å². The molecule has 1 fully saturated rings. The molecule has 0 heterocycles. The minimum atomic E-state index is 0.196. The van der Waals surface area contributed by atoms with Gasteiger partial charge in [0.1, 0.15) is 0 Å². The van der Waals surface area contributed by atoms with E-state index >= 15 is 0 Å². The second-order valence-electron chi connectivity index (χ2n) is 5.22. The number of hydrogen-bond donors (Lipinski definition) is 0. The molecule has 0 spiro atoms. The lowest BCUT2D eigenvalue weighted by Crippen LogP contribution is -2.20. The van der Waals surface area contributed by atoms with Gasteiger partial charge in [0.25, 0.3) is 0 Å². The summed E-state index contributed by atoms with van der Waals surface area (Å²) in [6.45, 7) is 0. The Bertz CT molecular complexity index is 496. The van der Waals surface area contributed by atoms with Crippen LogP contribution in [0.15, 0.2) is 54.1 Å². The van der Waals surface area contributed by atoms with Gasteiger partial charge in [-0.1, -0.05) is 55.0 Å². The van der Waals surface area contributed by atoms with Crippen molar-refractivity contribution < 1.29 is 4.79 Å². The molecule has 0 bridgehead atoms. The fourth-order valence-electron chi connectivity index (χ4n) is 3.24. The van der Waals surface area contributed by atoms with E-state index in [-0.39, 0.29) is 5.92 Å². The van der Waals surface area contributed by atoms with Gasteiger partial charge in [0.15, 0.2) is 5.78 Å². The van der Waals surface area contributed by atoms with Crippen molar-refractivity contribution in [1.82, 2.24) is 0 Å². The van der Waals surface area contributed by atoms with E-state index in [1.807, 2.05) is 30.3 Å². The zero-order valence-electron chi connectivity index (χ0n) is 10.5. The topological polar surface area (TPSA) is 17.1 Å². The van der Waals surface area contributed by atoms with E-state index in [1.54, 1.807) is 0 Å². The van der Waals surface area contributed by atoms with Crippen LogP contribution in [0.4, 0.5) is 0 Å². The summed E-state index contributed by atoms with van der Waals surface area (Å²) in [5.74, 6) is 0.983. The van der Waals surface area contributed by atoms with Crippen LogP contribution in [0.25, 0.3) is 0 Å². The van der Waals surface area contributed by atoms with Gasteiger partial charge in [-0.2, -0.15) is 0 Å². The van der Waals surface area contributed by atoms with Crippen LogP contribution in [0.2, 0.25) is 0 Å². The van der Waals surface area contributed by atoms with Crippen molar-refractivity contribution in [2.24, 2.45) is 11.8 Å². The molecule has 2 unspecified atom stereocenters. The van der Waals surface area contributed by atoms with Gasteiger partial charge >= 0.3 is 0 Å². The molecule has 0 N–H and O–H groups in total. The van der Waals surface area contributed by atoms with Crippen LogP contribution in [0, 0.1) is 11.8 Å². The maximum atomic E-state index is 12.6. The molecule has 0 saturated heterocycles. The predicted molar refractivity (Wildman–Crippen MR) is 73.4 cm³/mol. The Hall–Kier alpha value is -1.63. The van der Waals surface area contributed by atoms with E-state index in [1.165, 1.54) is 18.4 Å². The van der Waals surface area contributed by atoms with Crippen LogP contribution in [0.1, 0.15) is 36.0 Å². The minimum Gasteiger partial charge on any atom is -0.294 e. The summed E-state index contributed by atoms with van der Waals surface area (Å²) < 4.78 is 0. The monoisotopic (exact) mass is 238 g/mol. The summed E-state index contributed by atoms with van der Waals surface area (Å²) in [5, 5.41) is 0. The molecule has 18 heavy (non-hydrogen) atoms. The molecule has 2 atom stereocenters. The second kappa shape index (κ2) is 4.93. The summed E-state index contributed by atoms with van der Waals surface area (Å²) in [6.07, 6.45) is 11.1. The number of ketones is 1. The molecule has 1 nitrogen and oxygen atoms in total. The number of carbonyl (C=O) groups excluding carboxylic acids is 1. The van der Waals surface area contributed by atoms with Gasteiger partial charge in [-0.25, -0.2) is 0 Å². The third-order valence-corrected chi connectivity index (χ3v) is 4.14. The van der Waals surface area contributed by atoms with Crippen molar-refractivity contribution >= 4 is 5.78 Å². The van der Waals surface area contributed by atoms with E-state index in [0.29, 0.717) is 11.7 Å². The zero-order chi connectivity index (χ0) is 12.4. The summed E-state index contributed by atoms with van der Waals surface area (Å²) in [4.78, 5) is 12.6. The maximum Gasteiger partial charge on any atom is 0.166 e. The molecular formula is C17H18O. The first-order valence-corrected chi connectivity index (χ1v) is 6.82. The summed E-state index contributed by atoms with van der Waals surface area (Å²) in [6, 6.07) is 9.75. The Morgan fingerprint density at radius 3 is 2.67 bits per heavy atom. The highest BCUT2D eigenvalue weighted by atomic mass is 16.1. The summed E-state index contributed by atoms with van der Waals surface area (Å²) >= 11 is 0. The average Bonchev–Trinajstić information content (AvgIpc) is 3.09. The Kier molecular flexibility index (Phi) is 3.14. The highest BCUT2D eigenvalue weighted by molar-refractivity contribution is 5.98. The molecule has 3 rings (SSSR count). The fraction of sp³-hybridized carbons (Fsp3) is 0.353. The van der Waals surface area contributed by atoms with E-state index < -0.39 is 0 Å². The largest absolute Gasteiger partial charge is 0.294 e. The smallest absolute Gasteiger partial charge is 0.166 e. The van der Waals surface area contributed by atoms with Gasteiger partial charge in [0.05, 0.1) is 0 Å². The van der Waals surface area contributed by atoms with Crippen LogP contribution < -0.4 is 0 Å². The summed E-state index contributed by atoms with van der Waals surface area (Å²) in [7, 11) is 0. The van der Waals surface area contributed by atoms with Crippen molar-refractivity contribution in [3.05, 3.63) is 59.7 Å². The lowest BCUT2D eigenvalue weighted by atomic mass is 9.84. The van der Waals surface area contributed by atoms with Crippen molar-refractivity contribution in [3.63, 3.8) is 0 Å². The van der Waals surface area contributed by atoms with Crippen LogP contribution in [0.5, 0.6) is 0 Å². The van der Waals surface area contributed by atoms with E-state index in [0.717, 1.165) is 18.4 Å². The molecule has 1 aromatic rings. The van der Waals surface area contributed by atoms with Crippen molar-refractivity contribution in [2.75, 3.05) is 0 Å². The van der Waals surface area contributed by atoms with Gasteiger partial charge in [0, 0.05) is 11.5 Å². The Labute approximate surface area is 108 Å². The number of benzene rings is 1. The van der Waals surface area contributed by atoms with Crippen LogP contribution in [0.3, 0.4) is 0 Å². The lowest BCUT2D eigenvalue weighted by Gasteiger charge is -2.19.